The van der Waals surface area contributed by atoms with E-state index in [9.17, 15) is 0 Å². The third-order valence-electron chi connectivity index (χ3n) is 3.05. The van der Waals surface area contributed by atoms with Gasteiger partial charge in [-0.3, -0.25) is 0 Å². The number of halogens is 1. The summed E-state index contributed by atoms with van der Waals surface area (Å²) in [6.45, 7) is 0.121. The van der Waals surface area contributed by atoms with Gasteiger partial charge in [0.25, 0.3) is 0 Å². The summed E-state index contributed by atoms with van der Waals surface area (Å²) >= 11 is 6.20. The summed E-state index contributed by atoms with van der Waals surface area (Å²) < 4.78 is 0. The molecule has 2 rings (SSSR count). The average Bonchev–Trinajstić information content (AvgIpc) is 2.66. The van der Waals surface area contributed by atoms with Crippen molar-refractivity contribution in [1.82, 2.24) is 0 Å². The quantitative estimate of drug-likeness (QED) is 0.829. The topological polar surface area (TPSA) is 46.2 Å². The Hall–Kier alpha value is -0.570. The first kappa shape index (κ1) is 10.9. The smallest absolute Gasteiger partial charge is 0.0449 e. The Balaban J connectivity index is 2.30. The van der Waals surface area contributed by atoms with Crippen LogP contribution >= 0.6 is 11.6 Å². The van der Waals surface area contributed by atoms with Gasteiger partial charge in [0.2, 0.25) is 0 Å². The van der Waals surface area contributed by atoms with Gasteiger partial charge < -0.3 is 10.8 Å². The van der Waals surface area contributed by atoms with Gasteiger partial charge in [0.1, 0.15) is 0 Å². The molecule has 2 nitrogen and oxygen atoms in total. The molecular weight excluding hydrogens is 210 g/mol. The minimum absolute atomic E-state index is 0.0987. The fourth-order valence-electron chi connectivity index (χ4n) is 2.20. The predicted molar refractivity (Wildman–Crippen MR) is 62.1 cm³/mol. The largest absolute Gasteiger partial charge is 0.396 e. The molecule has 3 heteroatoms. The maximum atomic E-state index is 8.85. The molecule has 15 heavy (non-hydrogen) atoms. The first-order valence-electron chi connectivity index (χ1n) is 5.40. The van der Waals surface area contributed by atoms with Crippen molar-refractivity contribution in [1.29, 1.82) is 0 Å². The molecule has 1 atom stereocenters. The van der Waals surface area contributed by atoms with E-state index in [-0.39, 0.29) is 12.6 Å². The van der Waals surface area contributed by atoms with Crippen LogP contribution in [0, 0.1) is 0 Å². The summed E-state index contributed by atoms with van der Waals surface area (Å²) in [5, 5.41) is 9.69. The maximum absolute atomic E-state index is 8.85. The molecule has 0 radical (unpaired) electrons. The van der Waals surface area contributed by atoms with Crippen LogP contribution in [0.4, 0.5) is 0 Å². The Morgan fingerprint density at radius 3 is 2.93 bits per heavy atom. The van der Waals surface area contributed by atoms with E-state index in [1.54, 1.807) is 0 Å². The predicted octanol–water partition coefficient (Wildman–Crippen LogP) is 2.21. The summed E-state index contributed by atoms with van der Waals surface area (Å²) in [4.78, 5) is 0. The van der Waals surface area contributed by atoms with Crippen LogP contribution in [0.1, 0.15) is 35.6 Å². The molecule has 0 amide bonds. The molecule has 0 fully saturated rings. The SMILES string of the molecule is NC(CCO)c1cc(Cl)c2c(c1)CCC2. The van der Waals surface area contributed by atoms with Crippen LogP contribution < -0.4 is 5.73 Å². The van der Waals surface area contributed by atoms with Gasteiger partial charge in [-0.1, -0.05) is 17.7 Å². The van der Waals surface area contributed by atoms with Crippen LogP contribution in [0.5, 0.6) is 0 Å². The summed E-state index contributed by atoms with van der Waals surface area (Å²) in [6.07, 6.45) is 3.97. The highest BCUT2D eigenvalue weighted by molar-refractivity contribution is 6.31. The van der Waals surface area contributed by atoms with Crippen molar-refractivity contribution in [2.45, 2.75) is 31.7 Å². The summed E-state index contributed by atoms with van der Waals surface area (Å²) in [5.41, 5.74) is 9.63. The van der Waals surface area contributed by atoms with Crippen LogP contribution in [0.25, 0.3) is 0 Å². The van der Waals surface area contributed by atoms with E-state index in [1.165, 1.54) is 17.5 Å². The zero-order valence-electron chi connectivity index (χ0n) is 8.67. The van der Waals surface area contributed by atoms with E-state index in [2.05, 4.69) is 6.07 Å². The number of hydrogen-bond acceptors (Lipinski definition) is 2. The monoisotopic (exact) mass is 225 g/mol. The third-order valence-corrected chi connectivity index (χ3v) is 3.39. The van der Waals surface area contributed by atoms with Crippen molar-refractivity contribution >= 4 is 11.6 Å². The number of rotatable bonds is 3. The molecule has 0 aromatic heterocycles. The van der Waals surface area contributed by atoms with E-state index in [1.807, 2.05) is 6.07 Å². The highest BCUT2D eigenvalue weighted by atomic mass is 35.5. The minimum Gasteiger partial charge on any atom is -0.396 e. The lowest BCUT2D eigenvalue weighted by molar-refractivity contribution is 0.276. The van der Waals surface area contributed by atoms with Crippen LogP contribution in [0.15, 0.2) is 12.1 Å². The van der Waals surface area contributed by atoms with Crippen molar-refractivity contribution in [3.63, 3.8) is 0 Å². The molecular formula is C12H16ClNO. The molecule has 0 saturated heterocycles. The van der Waals surface area contributed by atoms with Gasteiger partial charge in [-0.2, -0.15) is 0 Å². The van der Waals surface area contributed by atoms with Crippen LogP contribution in [-0.4, -0.2) is 11.7 Å². The Bertz CT molecular complexity index is 365. The Kier molecular flexibility index (Phi) is 3.29. The number of aliphatic hydroxyl groups is 1. The lowest BCUT2D eigenvalue weighted by atomic mass is 10.00. The van der Waals surface area contributed by atoms with Crippen LogP contribution in [0.3, 0.4) is 0 Å². The Labute approximate surface area is 95.1 Å². The van der Waals surface area contributed by atoms with Gasteiger partial charge in [-0.05, 0) is 48.4 Å². The number of nitrogens with two attached hydrogens (primary N) is 1. The lowest BCUT2D eigenvalue weighted by Gasteiger charge is -2.13. The second-order valence-corrected chi connectivity index (χ2v) is 4.52. The van der Waals surface area contributed by atoms with E-state index in [0.717, 1.165) is 23.4 Å². The van der Waals surface area contributed by atoms with E-state index in [4.69, 9.17) is 22.4 Å². The first-order valence-corrected chi connectivity index (χ1v) is 5.78. The van der Waals surface area contributed by atoms with Crippen molar-refractivity contribution in [3.8, 4) is 0 Å². The van der Waals surface area contributed by atoms with E-state index in [0.29, 0.717) is 6.42 Å². The number of fused-ring (bicyclic) bond motifs is 1. The summed E-state index contributed by atoms with van der Waals surface area (Å²) in [5.74, 6) is 0. The molecule has 0 spiro atoms. The highest BCUT2D eigenvalue weighted by Gasteiger charge is 2.17. The molecule has 1 aliphatic rings. The lowest BCUT2D eigenvalue weighted by Crippen LogP contribution is -2.12. The van der Waals surface area contributed by atoms with Gasteiger partial charge in [0, 0.05) is 17.7 Å². The molecule has 0 bridgehead atoms. The van der Waals surface area contributed by atoms with Crippen molar-refractivity contribution < 1.29 is 5.11 Å². The molecule has 1 aliphatic carbocycles. The second-order valence-electron chi connectivity index (χ2n) is 4.11. The molecule has 1 unspecified atom stereocenters. The second kappa shape index (κ2) is 4.52. The first-order chi connectivity index (χ1) is 7.22. The number of hydrogen-bond donors (Lipinski definition) is 2. The van der Waals surface area contributed by atoms with Crippen molar-refractivity contribution in [2.24, 2.45) is 5.73 Å². The summed E-state index contributed by atoms with van der Waals surface area (Å²) in [6, 6.07) is 4.00. The van der Waals surface area contributed by atoms with E-state index >= 15 is 0 Å². The van der Waals surface area contributed by atoms with Gasteiger partial charge in [-0.15, -0.1) is 0 Å². The Morgan fingerprint density at radius 2 is 2.20 bits per heavy atom. The molecule has 1 aromatic rings. The van der Waals surface area contributed by atoms with Gasteiger partial charge in [0.05, 0.1) is 0 Å². The van der Waals surface area contributed by atoms with Crippen LogP contribution in [0.2, 0.25) is 5.02 Å². The minimum atomic E-state index is -0.0987. The zero-order valence-corrected chi connectivity index (χ0v) is 9.43. The third kappa shape index (κ3) is 2.17. The van der Waals surface area contributed by atoms with Crippen LogP contribution in [-0.2, 0) is 12.8 Å². The molecule has 0 saturated carbocycles. The number of aliphatic hydroxyl groups excluding tert-OH is 1. The fraction of sp³-hybridized carbons (Fsp3) is 0.500. The normalized spacial score (nSPS) is 16.5. The average molecular weight is 226 g/mol. The Morgan fingerprint density at radius 1 is 1.40 bits per heavy atom. The standard InChI is InChI=1S/C12H16ClNO/c13-11-7-9(12(14)4-5-15)6-8-2-1-3-10(8)11/h6-7,12,15H,1-5,14H2. The maximum Gasteiger partial charge on any atom is 0.0449 e. The van der Waals surface area contributed by atoms with Crippen molar-refractivity contribution in [3.05, 3.63) is 33.8 Å². The zero-order chi connectivity index (χ0) is 10.8. The van der Waals surface area contributed by atoms with E-state index < -0.39 is 0 Å². The van der Waals surface area contributed by atoms with Crippen molar-refractivity contribution in [2.75, 3.05) is 6.61 Å². The number of benzene rings is 1. The molecule has 0 heterocycles. The highest BCUT2D eigenvalue weighted by Crippen LogP contribution is 2.32. The van der Waals surface area contributed by atoms with Gasteiger partial charge >= 0.3 is 0 Å². The molecule has 1 aromatic carbocycles. The number of aryl methyl sites for hydroxylation is 1. The molecule has 82 valence electrons. The van der Waals surface area contributed by atoms with Gasteiger partial charge in [0.15, 0.2) is 0 Å². The fourth-order valence-corrected chi connectivity index (χ4v) is 2.54. The summed E-state index contributed by atoms with van der Waals surface area (Å²) in [7, 11) is 0. The molecule has 3 N–H and O–H groups in total. The van der Waals surface area contributed by atoms with Gasteiger partial charge in [-0.25, -0.2) is 0 Å². The molecule has 0 aliphatic heterocycles.